The van der Waals surface area contributed by atoms with Gasteiger partial charge in [0.25, 0.3) is 0 Å². The summed E-state index contributed by atoms with van der Waals surface area (Å²) < 4.78 is 41.9. The monoisotopic (exact) mass is 263 g/mol. The molecule has 18 heavy (non-hydrogen) atoms. The minimum Gasteiger partial charge on any atom is -0.394 e. The number of amides is 1. The van der Waals surface area contributed by atoms with Gasteiger partial charge in [0.15, 0.2) is 0 Å². The molecular weight excluding hydrogens is 251 g/mol. The van der Waals surface area contributed by atoms with E-state index in [-0.39, 0.29) is 25.5 Å². The van der Waals surface area contributed by atoms with Gasteiger partial charge in [-0.25, -0.2) is 0 Å². The van der Waals surface area contributed by atoms with Gasteiger partial charge in [-0.15, -0.1) is 0 Å². The number of rotatable bonds is 5. The highest BCUT2D eigenvalue weighted by Crippen LogP contribution is 2.30. The average Bonchev–Trinajstić information content (AvgIpc) is 2.28. The van der Waals surface area contributed by atoms with Crippen molar-refractivity contribution in [3.05, 3.63) is 29.8 Å². The molecule has 0 aliphatic heterocycles. The van der Waals surface area contributed by atoms with Crippen molar-refractivity contribution in [1.29, 1.82) is 0 Å². The minimum atomic E-state index is -4.45. The average molecular weight is 263 g/mol. The van der Waals surface area contributed by atoms with Gasteiger partial charge >= 0.3 is 6.18 Å². The van der Waals surface area contributed by atoms with E-state index < -0.39 is 17.6 Å². The summed E-state index contributed by atoms with van der Waals surface area (Å²) in [7, 11) is 0. The zero-order chi connectivity index (χ0) is 13.6. The molecule has 7 heteroatoms. The summed E-state index contributed by atoms with van der Waals surface area (Å²) in [4.78, 5) is 11.2. The highest BCUT2D eigenvalue weighted by atomic mass is 19.4. The van der Waals surface area contributed by atoms with E-state index in [0.717, 1.165) is 12.1 Å². The third-order valence-electron chi connectivity index (χ3n) is 1.94. The lowest BCUT2D eigenvalue weighted by Gasteiger charge is -2.09. The second-order valence-electron chi connectivity index (χ2n) is 3.40. The third kappa shape index (κ3) is 4.72. The van der Waals surface area contributed by atoms with Crippen molar-refractivity contribution >= 4 is 11.6 Å². The van der Waals surface area contributed by atoms with Gasteiger partial charge in [0.2, 0.25) is 5.91 Å². The van der Waals surface area contributed by atoms with Crippen molar-refractivity contribution in [2.24, 2.45) is 0 Å². The minimum absolute atomic E-state index is 0.00396. The standard InChI is InChI=1S/C11H12F3NO3/c12-11(13,14)8-2-1-3-9(6-8)15-10(17)7-18-5-4-16/h1-3,6,16H,4-5,7H2,(H,15,17). The van der Waals surface area contributed by atoms with Gasteiger partial charge < -0.3 is 15.2 Å². The van der Waals surface area contributed by atoms with Crippen molar-refractivity contribution < 1.29 is 27.8 Å². The smallest absolute Gasteiger partial charge is 0.394 e. The zero-order valence-corrected chi connectivity index (χ0v) is 9.33. The number of nitrogens with one attached hydrogen (secondary N) is 1. The SMILES string of the molecule is O=C(COCCO)Nc1cccc(C(F)(F)F)c1. The fourth-order valence-corrected chi connectivity index (χ4v) is 1.20. The van der Waals surface area contributed by atoms with Crippen LogP contribution in [0.1, 0.15) is 5.56 Å². The van der Waals surface area contributed by atoms with Crippen LogP contribution in [0.4, 0.5) is 18.9 Å². The number of alkyl halides is 3. The molecule has 0 aromatic heterocycles. The van der Waals surface area contributed by atoms with E-state index in [4.69, 9.17) is 9.84 Å². The quantitative estimate of drug-likeness (QED) is 0.794. The number of aliphatic hydroxyl groups is 1. The summed E-state index contributed by atoms with van der Waals surface area (Å²) in [5.41, 5.74) is -0.793. The molecule has 2 N–H and O–H groups in total. The van der Waals surface area contributed by atoms with Crippen molar-refractivity contribution in [2.45, 2.75) is 6.18 Å². The number of benzene rings is 1. The summed E-state index contributed by atoms with van der Waals surface area (Å²) in [5, 5.41) is 10.7. The van der Waals surface area contributed by atoms with Crippen molar-refractivity contribution in [1.82, 2.24) is 0 Å². The van der Waals surface area contributed by atoms with Gasteiger partial charge in [0.1, 0.15) is 6.61 Å². The lowest BCUT2D eigenvalue weighted by molar-refractivity contribution is -0.137. The van der Waals surface area contributed by atoms with Crippen LogP contribution in [0.3, 0.4) is 0 Å². The lowest BCUT2D eigenvalue weighted by Crippen LogP contribution is -2.19. The van der Waals surface area contributed by atoms with Crippen LogP contribution >= 0.6 is 0 Å². The molecule has 0 aliphatic rings. The van der Waals surface area contributed by atoms with Gasteiger partial charge in [-0.2, -0.15) is 13.2 Å². The van der Waals surface area contributed by atoms with Crippen LogP contribution in [0.5, 0.6) is 0 Å². The Morgan fingerprint density at radius 1 is 1.39 bits per heavy atom. The first-order valence-corrected chi connectivity index (χ1v) is 5.09. The molecule has 0 atom stereocenters. The van der Waals surface area contributed by atoms with E-state index in [1.54, 1.807) is 0 Å². The Balaban J connectivity index is 2.60. The van der Waals surface area contributed by atoms with Crippen molar-refractivity contribution in [3.63, 3.8) is 0 Å². The van der Waals surface area contributed by atoms with Gasteiger partial charge in [0, 0.05) is 5.69 Å². The van der Waals surface area contributed by atoms with Crippen LogP contribution in [0.2, 0.25) is 0 Å². The zero-order valence-electron chi connectivity index (χ0n) is 9.33. The fourth-order valence-electron chi connectivity index (χ4n) is 1.20. The molecule has 0 heterocycles. The van der Waals surface area contributed by atoms with Crippen LogP contribution in [0.25, 0.3) is 0 Å². The Morgan fingerprint density at radius 2 is 2.11 bits per heavy atom. The number of anilines is 1. The molecule has 100 valence electrons. The lowest BCUT2D eigenvalue weighted by atomic mass is 10.2. The molecule has 1 aromatic carbocycles. The van der Waals surface area contributed by atoms with E-state index in [0.29, 0.717) is 0 Å². The van der Waals surface area contributed by atoms with Gasteiger partial charge in [-0.1, -0.05) is 6.07 Å². The molecule has 1 rings (SSSR count). The number of hydrogen-bond acceptors (Lipinski definition) is 3. The van der Waals surface area contributed by atoms with E-state index in [9.17, 15) is 18.0 Å². The highest BCUT2D eigenvalue weighted by molar-refractivity contribution is 5.91. The van der Waals surface area contributed by atoms with Crippen molar-refractivity contribution in [2.75, 3.05) is 25.1 Å². The largest absolute Gasteiger partial charge is 0.416 e. The molecule has 0 saturated carbocycles. The van der Waals surface area contributed by atoms with Crippen LogP contribution in [-0.4, -0.2) is 30.8 Å². The first kappa shape index (κ1) is 14.5. The predicted molar refractivity (Wildman–Crippen MR) is 58.0 cm³/mol. The second-order valence-corrected chi connectivity index (χ2v) is 3.40. The van der Waals surface area contributed by atoms with Crippen LogP contribution in [0, 0.1) is 0 Å². The van der Waals surface area contributed by atoms with E-state index in [1.165, 1.54) is 12.1 Å². The Kier molecular flexibility index (Phi) is 5.11. The number of aliphatic hydroxyl groups excluding tert-OH is 1. The Labute approximate surface area is 101 Å². The topological polar surface area (TPSA) is 58.6 Å². The van der Waals surface area contributed by atoms with Crippen LogP contribution in [0.15, 0.2) is 24.3 Å². The summed E-state index contributed by atoms with van der Waals surface area (Å²) in [6, 6.07) is 4.30. The maximum atomic E-state index is 12.4. The number of halogens is 3. The summed E-state index contributed by atoms with van der Waals surface area (Å²) in [5.74, 6) is -0.581. The molecule has 1 amide bonds. The highest BCUT2D eigenvalue weighted by Gasteiger charge is 2.30. The summed E-state index contributed by atoms with van der Waals surface area (Å²) in [6.07, 6.45) is -4.45. The molecule has 0 spiro atoms. The number of hydrogen-bond donors (Lipinski definition) is 2. The maximum absolute atomic E-state index is 12.4. The Morgan fingerprint density at radius 3 is 2.72 bits per heavy atom. The Bertz CT molecular complexity index is 407. The van der Waals surface area contributed by atoms with Crippen LogP contribution in [-0.2, 0) is 15.7 Å². The molecule has 0 radical (unpaired) electrons. The first-order valence-electron chi connectivity index (χ1n) is 5.09. The number of ether oxygens (including phenoxy) is 1. The van der Waals surface area contributed by atoms with E-state index >= 15 is 0 Å². The second kappa shape index (κ2) is 6.36. The van der Waals surface area contributed by atoms with Gasteiger partial charge in [-0.3, -0.25) is 4.79 Å². The third-order valence-corrected chi connectivity index (χ3v) is 1.94. The molecule has 0 bridgehead atoms. The van der Waals surface area contributed by atoms with Gasteiger partial charge in [-0.05, 0) is 18.2 Å². The molecule has 0 saturated heterocycles. The molecule has 0 fully saturated rings. The molecule has 4 nitrogen and oxygen atoms in total. The number of carbonyl (C=O) groups excluding carboxylic acids is 1. The predicted octanol–water partition coefficient (Wildman–Crippen LogP) is 1.65. The van der Waals surface area contributed by atoms with Crippen molar-refractivity contribution in [3.8, 4) is 0 Å². The van der Waals surface area contributed by atoms with E-state index in [2.05, 4.69) is 5.32 Å². The van der Waals surface area contributed by atoms with E-state index in [1.807, 2.05) is 0 Å². The van der Waals surface area contributed by atoms with Gasteiger partial charge in [0.05, 0.1) is 18.8 Å². The molecule has 0 aliphatic carbocycles. The normalized spacial score (nSPS) is 11.3. The summed E-state index contributed by atoms with van der Waals surface area (Å²) in [6.45, 7) is -0.552. The first-order chi connectivity index (χ1) is 8.43. The molecule has 0 unspecified atom stereocenters. The maximum Gasteiger partial charge on any atom is 0.416 e. The van der Waals surface area contributed by atoms with Crippen LogP contribution < -0.4 is 5.32 Å². The Hall–Kier alpha value is -1.60. The molecule has 1 aromatic rings. The molecular formula is C11H12F3NO3. The number of carbonyl (C=O) groups is 1. The fraction of sp³-hybridized carbons (Fsp3) is 0.364. The summed E-state index contributed by atoms with van der Waals surface area (Å²) >= 11 is 0.